The van der Waals surface area contributed by atoms with E-state index >= 15 is 0 Å². The Kier molecular flexibility index (Phi) is 3.57. The van der Waals surface area contributed by atoms with E-state index in [0.29, 0.717) is 22.0 Å². The van der Waals surface area contributed by atoms with Crippen LogP contribution in [-0.2, 0) is 0 Å². The molecule has 0 saturated heterocycles. The van der Waals surface area contributed by atoms with Gasteiger partial charge in [0.2, 0.25) is 0 Å². The van der Waals surface area contributed by atoms with Gasteiger partial charge in [0.15, 0.2) is 0 Å². The largest absolute Gasteiger partial charge is 0.396 e. The summed E-state index contributed by atoms with van der Waals surface area (Å²) < 4.78 is 0. The van der Waals surface area contributed by atoms with E-state index < -0.39 is 0 Å². The number of carbonyl (C=O) groups excluding carboxylic acids is 1. The zero-order valence-electron chi connectivity index (χ0n) is 11.5. The zero-order chi connectivity index (χ0) is 15.0. The molecule has 3 rings (SSSR count). The predicted octanol–water partition coefficient (Wildman–Crippen LogP) is 3.75. The highest BCUT2D eigenvalue weighted by Gasteiger charge is 2.20. The second kappa shape index (κ2) is 5.39. The minimum Gasteiger partial charge on any atom is -0.396 e. The average molecular weight is 303 g/mol. The lowest BCUT2D eigenvalue weighted by molar-refractivity contribution is 0.102. The van der Waals surface area contributed by atoms with Crippen molar-refractivity contribution in [2.24, 2.45) is 0 Å². The third-order valence-electron chi connectivity index (χ3n) is 3.63. The molecule has 0 saturated carbocycles. The van der Waals surface area contributed by atoms with Crippen molar-refractivity contribution in [2.45, 2.75) is 12.8 Å². The van der Waals surface area contributed by atoms with Crippen LogP contribution >= 0.6 is 11.6 Å². The molecule has 0 bridgehead atoms. The third kappa shape index (κ3) is 2.60. The minimum absolute atomic E-state index is 0.0206. The molecular weight excluding hydrogens is 288 g/mol. The number of amides is 1. The number of hydrogen-bond donors (Lipinski definition) is 3. The first-order valence-corrected chi connectivity index (χ1v) is 7.09. The Bertz CT molecular complexity index is 715. The monoisotopic (exact) mass is 302 g/mol. The van der Waals surface area contributed by atoms with Crippen molar-refractivity contribution in [1.29, 1.82) is 0 Å². The molecule has 2 aromatic carbocycles. The number of fused-ring (bicyclic) bond motifs is 2. The van der Waals surface area contributed by atoms with Gasteiger partial charge in [0.1, 0.15) is 0 Å². The number of halogens is 1. The van der Waals surface area contributed by atoms with Crippen LogP contribution in [0.3, 0.4) is 0 Å². The zero-order valence-corrected chi connectivity index (χ0v) is 12.2. The molecule has 108 valence electrons. The van der Waals surface area contributed by atoms with E-state index in [0.717, 1.165) is 11.3 Å². The highest BCUT2D eigenvalue weighted by molar-refractivity contribution is 6.31. The summed E-state index contributed by atoms with van der Waals surface area (Å²) in [6, 6.07) is 10.8. The molecule has 2 aromatic rings. The Morgan fingerprint density at radius 1 is 1.10 bits per heavy atom. The lowest BCUT2D eigenvalue weighted by Crippen LogP contribution is -2.11. The number of benzene rings is 2. The SMILES string of the molecule is CC(CO)c1ccc2c(c1)NC(=O)c1ccc(Cl)cc1N2. The van der Waals surface area contributed by atoms with Gasteiger partial charge >= 0.3 is 0 Å². The molecule has 1 aliphatic heterocycles. The van der Waals surface area contributed by atoms with Crippen LogP contribution in [0.25, 0.3) is 0 Å². The molecule has 1 amide bonds. The fourth-order valence-corrected chi connectivity index (χ4v) is 2.51. The molecule has 0 spiro atoms. The smallest absolute Gasteiger partial charge is 0.257 e. The Morgan fingerprint density at radius 2 is 1.90 bits per heavy atom. The summed E-state index contributed by atoms with van der Waals surface area (Å²) in [5.74, 6) is -0.158. The van der Waals surface area contributed by atoms with Crippen LogP contribution in [0.15, 0.2) is 36.4 Å². The number of nitrogens with one attached hydrogen (secondary N) is 2. The molecule has 4 nitrogen and oxygen atoms in total. The average Bonchev–Trinajstić information content (AvgIpc) is 2.61. The van der Waals surface area contributed by atoms with E-state index in [4.69, 9.17) is 11.6 Å². The van der Waals surface area contributed by atoms with Gasteiger partial charge in [0, 0.05) is 17.5 Å². The topological polar surface area (TPSA) is 61.4 Å². The molecule has 1 heterocycles. The second-order valence-corrected chi connectivity index (χ2v) is 5.59. The van der Waals surface area contributed by atoms with Crippen LogP contribution in [0.2, 0.25) is 5.02 Å². The summed E-state index contributed by atoms with van der Waals surface area (Å²) in [6.07, 6.45) is 0. The summed E-state index contributed by atoms with van der Waals surface area (Å²) in [5.41, 5.74) is 3.71. The Balaban J connectivity index is 2.06. The molecule has 0 fully saturated rings. The number of aliphatic hydroxyl groups is 1. The van der Waals surface area contributed by atoms with Gasteiger partial charge in [-0.05, 0) is 35.9 Å². The maximum Gasteiger partial charge on any atom is 0.257 e. The number of rotatable bonds is 2. The van der Waals surface area contributed by atoms with E-state index in [-0.39, 0.29) is 18.4 Å². The van der Waals surface area contributed by atoms with Gasteiger partial charge in [0.05, 0.1) is 22.6 Å². The fraction of sp³-hybridized carbons (Fsp3) is 0.188. The first-order chi connectivity index (χ1) is 10.1. The Morgan fingerprint density at radius 3 is 2.67 bits per heavy atom. The summed E-state index contributed by atoms with van der Waals surface area (Å²) in [5, 5.41) is 15.9. The van der Waals surface area contributed by atoms with Gasteiger partial charge in [-0.1, -0.05) is 24.6 Å². The number of carbonyl (C=O) groups is 1. The van der Waals surface area contributed by atoms with Gasteiger partial charge in [-0.3, -0.25) is 4.79 Å². The van der Waals surface area contributed by atoms with Crippen molar-refractivity contribution < 1.29 is 9.90 Å². The summed E-state index contributed by atoms with van der Waals surface area (Å²) >= 11 is 5.99. The minimum atomic E-state index is -0.179. The lowest BCUT2D eigenvalue weighted by Gasteiger charge is -2.13. The van der Waals surface area contributed by atoms with Crippen LogP contribution in [0, 0.1) is 0 Å². The van der Waals surface area contributed by atoms with Crippen LogP contribution in [0.1, 0.15) is 28.8 Å². The van der Waals surface area contributed by atoms with Gasteiger partial charge in [-0.15, -0.1) is 0 Å². The van der Waals surface area contributed by atoms with E-state index in [1.165, 1.54) is 0 Å². The van der Waals surface area contributed by atoms with E-state index in [2.05, 4.69) is 10.6 Å². The van der Waals surface area contributed by atoms with Gasteiger partial charge in [-0.25, -0.2) is 0 Å². The van der Waals surface area contributed by atoms with Gasteiger partial charge in [0.25, 0.3) is 5.91 Å². The van der Waals surface area contributed by atoms with Crippen molar-refractivity contribution in [1.82, 2.24) is 0 Å². The summed E-state index contributed by atoms with van der Waals surface area (Å²) in [4.78, 5) is 12.3. The van der Waals surface area contributed by atoms with Crippen LogP contribution < -0.4 is 10.6 Å². The molecule has 0 aliphatic carbocycles. The molecule has 21 heavy (non-hydrogen) atoms. The van der Waals surface area contributed by atoms with Crippen molar-refractivity contribution in [2.75, 3.05) is 17.2 Å². The molecule has 3 N–H and O–H groups in total. The normalized spacial score (nSPS) is 14.3. The summed E-state index contributed by atoms with van der Waals surface area (Å²) in [7, 11) is 0. The van der Waals surface area contributed by atoms with E-state index in [1.807, 2.05) is 25.1 Å². The number of hydrogen-bond acceptors (Lipinski definition) is 3. The van der Waals surface area contributed by atoms with Gasteiger partial charge in [-0.2, -0.15) is 0 Å². The number of aliphatic hydroxyl groups excluding tert-OH is 1. The van der Waals surface area contributed by atoms with Crippen LogP contribution in [0.5, 0.6) is 0 Å². The molecule has 1 unspecified atom stereocenters. The highest BCUT2D eigenvalue weighted by atomic mass is 35.5. The third-order valence-corrected chi connectivity index (χ3v) is 3.87. The number of anilines is 3. The fourth-order valence-electron chi connectivity index (χ4n) is 2.34. The van der Waals surface area contributed by atoms with Crippen molar-refractivity contribution in [3.05, 3.63) is 52.5 Å². The van der Waals surface area contributed by atoms with Crippen LogP contribution in [-0.4, -0.2) is 17.6 Å². The quantitative estimate of drug-likeness (QED) is 0.792. The Hall–Kier alpha value is -2.04. The molecule has 1 aliphatic rings. The first kappa shape index (κ1) is 13.9. The van der Waals surface area contributed by atoms with E-state index in [1.54, 1.807) is 18.2 Å². The van der Waals surface area contributed by atoms with E-state index in [9.17, 15) is 9.90 Å². The standard InChI is InChI=1S/C16H15ClN2O2/c1-9(8-20)10-2-5-13-15(6-10)19-16(21)12-4-3-11(17)7-14(12)18-13/h2-7,9,18,20H,8H2,1H3,(H,19,21). The maximum absolute atomic E-state index is 12.3. The molecule has 5 heteroatoms. The molecule has 0 aromatic heterocycles. The Labute approximate surface area is 127 Å². The predicted molar refractivity (Wildman–Crippen MR) is 84.6 cm³/mol. The lowest BCUT2D eigenvalue weighted by atomic mass is 10.0. The summed E-state index contributed by atoms with van der Waals surface area (Å²) in [6.45, 7) is 2.00. The maximum atomic E-state index is 12.3. The molecule has 1 atom stereocenters. The van der Waals surface area contributed by atoms with Crippen LogP contribution in [0.4, 0.5) is 17.1 Å². The molecule has 0 radical (unpaired) electrons. The van der Waals surface area contributed by atoms with Gasteiger partial charge < -0.3 is 15.7 Å². The van der Waals surface area contributed by atoms with Crippen molar-refractivity contribution in [3.8, 4) is 0 Å². The first-order valence-electron chi connectivity index (χ1n) is 6.71. The molecular formula is C16H15ClN2O2. The van der Waals surface area contributed by atoms with Crippen molar-refractivity contribution in [3.63, 3.8) is 0 Å². The highest BCUT2D eigenvalue weighted by Crippen LogP contribution is 2.35. The second-order valence-electron chi connectivity index (χ2n) is 5.16. The van der Waals surface area contributed by atoms with Crippen molar-refractivity contribution >= 4 is 34.6 Å².